The van der Waals surface area contributed by atoms with Crippen LogP contribution in [0.5, 0.6) is 11.5 Å². The molecule has 1 saturated carbocycles. The first-order chi connectivity index (χ1) is 13.1. The minimum atomic E-state index is -0.0908. The van der Waals surface area contributed by atoms with Gasteiger partial charge >= 0.3 is 0 Å². The Kier molecular flexibility index (Phi) is 6.32. The molecule has 1 amide bonds. The van der Waals surface area contributed by atoms with Crippen molar-refractivity contribution < 1.29 is 18.8 Å². The van der Waals surface area contributed by atoms with Gasteiger partial charge in [0.25, 0.3) is 5.91 Å². The summed E-state index contributed by atoms with van der Waals surface area (Å²) in [5, 5.41) is 4.08. The normalized spacial score (nSPS) is 14.8. The van der Waals surface area contributed by atoms with Crippen LogP contribution < -0.4 is 9.47 Å². The fourth-order valence-corrected chi connectivity index (χ4v) is 3.44. The number of nitrogens with zero attached hydrogens (tertiary/aromatic N) is 3. The standard InChI is InChI=1S/C20H27N3O4/c1-23(20(24)15-9-10-16(25-2)17(13-15)26-3)12-11-18-21-19(27-22-18)14-7-5-4-6-8-14/h9-10,13-14H,4-8,11-12H2,1-3H3. The van der Waals surface area contributed by atoms with Gasteiger partial charge < -0.3 is 18.9 Å². The summed E-state index contributed by atoms with van der Waals surface area (Å²) in [5.41, 5.74) is 0.547. The number of methoxy groups -OCH3 is 2. The number of hydrogen-bond acceptors (Lipinski definition) is 6. The summed E-state index contributed by atoms with van der Waals surface area (Å²) in [6, 6.07) is 5.15. The summed E-state index contributed by atoms with van der Waals surface area (Å²) in [4.78, 5) is 18.8. The van der Waals surface area contributed by atoms with Gasteiger partial charge in [0.05, 0.1) is 14.2 Å². The van der Waals surface area contributed by atoms with Gasteiger partial charge in [-0.15, -0.1) is 0 Å². The second kappa shape index (κ2) is 8.88. The lowest BCUT2D eigenvalue weighted by Gasteiger charge is -2.17. The highest BCUT2D eigenvalue weighted by Crippen LogP contribution is 2.31. The molecule has 0 atom stereocenters. The van der Waals surface area contributed by atoms with Gasteiger partial charge in [-0.25, -0.2) is 0 Å². The molecule has 2 aromatic rings. The summed E-state index contributed by atoms with van der Waals surface area (Å²) in [5.74, 6) is 2.84. The summed E-state index contributed by atoms with van der Waals surface area (Å²) >= 11 is 0. The number of hydrogen-bond donors (Lipinski definition) is 0. The Bertz CT molecular complexity index is 768. The molecular formula is C20H27N3O4. The minimum Gasteiger partial charge on any atom is -0.493 e. The van der Waals surface area contributed by atoms with Gasteiger partial charge in [-0.05, 0) is 31.0 Å². The molecule has 146 valence electrons. The number of ether oxygens (including phenoxy) is 2. The molecule has 27 heavy (non-hydrogen) atoms. The zero-order valence-electron chi connectivity index (χ0n) is 16.2. The third kappa shape index (κ3) is 4.59. The monoisotopic (exact) mass is 373 g/mol. The van der Waals surface area contributed by atoms with Crippen LogP contribution in [-0.2, 0) is 6.42 Å². The van der Waals surface area contributed by atoms with Crippen LogP contribution in [0.3, 0.4) is 0 Å². The Morgan fingerprint density at radius 2 is 1.93 bits per heavy atom. The van der Waals surface area contributed by atoms with E-state index in [9.17, 15) is 4.79 Å². The summed E-state index contributed by atoms with van der Waals surface area (Å²) < 4.78 is 15.9. The quantitative estimate of drug-likeness (QED) is 0.740. The highest BCUT2D eigenvalue weighted by molar-refractivity contribution is 5.94. The van der Waals surface area contributed by atoms with Crippen LogP contribution in [-0.4, -0.2) is 48.8 Å². The molecule has 1 aliphatic carbocycles. The number of carbonyl (C=O) groups is 1. The van der Waals surface area contributed by atoms with Crippen molar-refractivity contribution in [2.45, 2.75) is 44.4 Å². The molecule has 1 aromatic carbocycles. The number of rotatable bonds is 7. The van der Waals surface area contributed by atoms with Crippen LogP contribution >= 0.6 is 0 Å². The van der Waals surface area contributed by atoms with E-state index in [2.05, 4.69) is 10.1 Å². The van der Waals surface area contributed by atoms with E-state index in [0.717, 1.165) is 18.7 Å². The summed E-state index contributed by atoms with van der Waals surface area (Å²) in [6.45, 7) is 0.511. The Hall–Kier alpha value is -2.57. The van der Waals surface area contributed by atoms with Crippen molar-refractivity contribution in [2.75, 3.05) is 27.8 Å². The number of aromatic nitrogens is 2. The zero-order valence-corrected chi connectivity index (χ0v) is 16.2. The zero-order chi connectivity index (χ0) is 19.2. The van der Waals surface area contributed by atoms with Gasteiger partial charge in [0.2, 0.25) is 5.89 Å². The third-order valence-corrected chi connectivity index (χ3v) is 5.09. The topological polar surface area (TPSA) is 77.7 Å². The van der Waals surface area contributed by atoms with Gasteiger partial charge in [-0.3, -0.25) is 4.79 Å². The first-order valence-electron chi connectivity index (χ1n) is 9.42. The SMILES string of the molecule is COc1ccc(C(=O)N(C)CCc2noc(C3CCCCC3)n2)cc1OC. The highest BCUT2D eigenvalue weighted by atomic mass is 16.5. The predicted molar refractivity (Wildman–Crippen MR) is 100 cm³/mol. The van der Waals surface area contributed by atoms with E-state index in [4.69, 9.17) is 14.0 Å². The largest absolute Gasteiger partial charge is 0.493 e. The highest BCUT2D eigenvalue weighted by Gasteiger charge is 2.22. The van der Waals surface area contributed by atoms with Crippen LogP contribution in [0.4, 0.5) is 0 Å². The lowest BCUT2D eigenvalue weighted by atomic mass is 9.89. The molecule has 1 aliphatic rings. The molecule has 0 saturated heterocycles. The Morgan fingerprint density at radius 3 is 2.63 bits per heavy atom. The molecule has 0 N–H and O–H groups in total. The van der Waals surface area contributed by atoms with Crippen molar-refractivity contribution in [3.8, 4) is 11.5 Å². The average molecular weight is 373 g/mol. The molecule has 0 radical (unpaired) electrons. The maximum Gasteiger partial charge on any atom is 0.253 e. The van der Waals surface area contributed by atoms with E-state index in [1.807, 2.05) is 0 Å². The lowest BCUT2D eigenvalue weighted by Crippen LogP contribution is -2.29. The van der Waals surface area contributed by atoms with Crippen LogP contribution in [0.15, 0.2) is 22.7 Å². The minimum absolute atomic E-state index is 0.0908. The summed E-state index contributed by atoms with van der Waals surface area (Å²) in [6.07, 6.45) is 6.56. The molecule has 7 nitrogen and oxygen atoms in total. The van der Waals surface area contributed by atoms with Crippen LogP contribution in [0, 0.1) is 0 Å². The van der Waals surface area contributed by atoms with E-state index in [1.54, 1.807) is 44.4 Å². The number of benzene rings is 1. The molecule has 0 bridgehead atoms. The lowest BCUT2D eigenvalue weighted by molar-refractivity contribution is 0.0795. The Labute approximate surface area is 159 Å². The van der Waals surface area contributed by atoms with Gasteiger partial charge in [-0.2, -0.15) is 4.98 Å². The van der Waals surface area contributed by atoms with Gasteiger partial charge in [0.15, 0.2) is 17.3 Å². The second-order valence-corrected chi connectivity index (χ2v) is 6.93. The van der Waals surface area contributed by atoms with Crippen molar-refractivity contribution in [2.24, 2.45) is 0 Å². The van der Waals surface area contributed by atoms with Crippen LogP contribution in [0.2, 0.25) is 0 Å². The summed E-state index contributed by atoms with van der Waals surface area (Å²) in [7, 11) is 4.88. The number of carbonyl (C=O) groups excluding carboxylic acids is 1. The Balaban J connectivity index is 1.58. The molecule has 3 rings (SSSR count). The Morgan fingerprint density at radius 1 is 1.19 bits per heavy atom. The van der Waals surface area contributed by atoms with Crippen molar-refractivity contribution in [1.82, 2.24) is 15.0 Å². The van der Waals surface area contributed by atoms with Crippen molar-refractivity contribution in [3.63, 3.8) is 0 Å². The molecule has 0 spiro atoms. The first-order valence-corrected chi connectivity index (χ1v) is 9.42. The third-order valence-electron chi connectivity index (χ3n) is 5.09. The number of likely N-dealkylation sites (N-methyl/N-ethyl adjacent to an activating group) is 1. The van der Waals surface area contributed by atoms with E-state index < -0.39 is 0 Å². The van der Waals surface area contributed by atoms with Gasteiger partial charge in [0.1, 0.15) is 0 Å². The smallest absolute Gasteiger partial charge is 0.253 e. The molecule has 0 unspecified atom stereocenters. The molecule has 0 aliphatic heterocycles. The molecule has 1 heterocycles. The maximum atomic E-state index is 12.7. The van der Waals surface area contributed by atoms with E-state index >= 15 is 0 Å². The fourth-order valence-electron chi connectivity index (χ4n) is 3.44. The van der Waals surface area contributed by atoms with E-state index in [1.165, 1.54) is 19.3 Å². The van der Waals surface area contributed by atoms with Crippen LogP contribution in [0.25, 0.3) is 0 Å². The van der Waals surface area contributed by atoms with Crippen molar-refractivity contribution in [1.29, 1.82) is 0 Å². The molecule has 1 aromatic heterocycles. The predicted octanol–water partition coefficient (Wildman–Crippen LogP) is 3.45. The first kappa shape index (κ1) is 19.2. The van der Waals surface area contributed by atoms with Crippen molar-refractivity contribution >= 4 is 5.91 Å². The molecule has 1 fully saturated rings. The maximum absolute atomic E-state index is 12.7. The number of amides is 1. The second-order valence-electron chi connectivity index (χ2n) is 6.93. The average Bonchev–Trinajstić information content (AvgIpc) is 3.20. The fraction of sp³-hybridized carbons (Fsp3) is 0.550. The molecular weight excluding hydrogens is 346 g/mol. The van der Waals surface area contributed by atoms with E-state index in [-0.39, 0.29) is 5.91 Å². The van der Waals surface area contributed by atoms with E-state index in [0.29, 0.717) is 41.8 Å². The van der Waals surface area contributed by atoms with Gasteiger partial charge in [0, 0.05) is 31.5 Å². The van der Waals surface area contributed by atoms with Crippen LogP contribution in [0.1, 0.15) is 60.1 Å². The molecule has 7 heteroatoms. The van der Waals surface area contributed by atoms with Crippen molar-refractivity contribution in [3.05, 3.63) is 35.5 Å². The van der Waals surface area contributed by atoms with Gasteiger partial charge in [-0.1, -0.05) is 24.4 Å².